The fourth-order valence-electron chi connectivity index (χ4n) is 6.67. The number of fused-ring (bicyclic) bond motifs is 2. The first-order valence-electron chi connectivity index (χ1n) is 14.4. The predicted octanol–water partition coefficient (Wildman–Crippen LogP) is 4.14. The minimum absolute atomic E-state index is 0.0992. The van der Waals surface area contributed by atoms with E-state index < -0.39 is 0 Å². The Morgan fingerprint density at radius 2 is 1.93 bits per heavy atom. The molecular formula is C32H37N7O. The van der Waals surface area contributed by atoms with Crippen molar-refractivity contribution in [2.45, 2.75) is 51.2 Å². The molecule has 0 unspecified atom stereocenters. The normalized spacial score (nSPS) is 21.2. The highest BCUT2D eigenvalue weighted by molar-refractivity contribution is 5.97. The number of piperazine rings is 1. The summed E-state index contributed by atoms with van der Waals surface area (Å²) in [6, 6.07) is 18.2. The molecule has 0 saturated carbocycles. The average Bonchev–Trinajstić information content (AvgIpc) is 3.39. The molecule has 3 aromatic rings. The van der Waals surface area contributed by atoms with Crippen LogP contribution >= 0.6 is 0 Å². The first-order valence-corrected chi connectivity index (χ1v) is 14.4. The maximum absolute atomic E-state index is 10.4. The lowest BCUT2D eigenvalue weighted by molar-refractivity contribution is 0.192. The first-order chi connectivity index (χ1) is 19.6. The molecule has 0 spiro atoms. The molecule has 2 atom stereocenters. The van der Waals surface area contributed by atoms with Crippen molar-refractivity contribution in [1.82, 2.24) is 15.2 Å². The average molecular weight is 536 g/mol. The van der Waals surface area contributed by atoms with E-state index in [0.717, 1.165) is 62.5 Å². The van der Waals surface area contributed by atoms with Crippen LogP contribution in [0.3, 0.4) is 0 Å². The van der Waals surface area contributed by atoms with Gasteiger partial charge in [-0.15, -0.1) is 0 Å². The van der Waals surface area contributed by atoms with Gasteiger partial charge in [0.1, 0.15) is 24.1 Å². The molecule has 8 heteroatoms. The van der Waals surface area contributed by atoms with E-state index in [4.69, 9.17) is 9.72 Å². The number of nitrogens with zero attached hydrogens (tertiary/aromatic N) is 6. The molecule has 2 saturated heterocycles. The number of nitrogens with one attached hydrogen (secondary N) is 1. The van der Waals surface area contributed by atoms with E-state index in [1.165, 1.54) is 28.4 Å². The standard InChI is InChI=1S/C32H37N7O/c1-22-6-3-7-23-8-4-10-29(30(22)23)38-16-12-26-28(20-38)27(18-34)32(40-21-25-9-5-15-37(25)2)36-31(26)39-17-14-35-24(19-39)11-13-33/h3-4,6-8,10,24-25,35H,5,9,11-12,14-17,19-21H2,1-2H3/t24-,25+/m1/s1. The zero-order valence-electron chi connectivity index (χ0n) is 23.5. The molecule has 40 heavy (non-hydrogen) atoms. The minimum Gasteiger partial charge on any atom is -0.475 e. The van der Waals surface area contributed by atoms with Crippen LogP contribution in [0.5, 0.6) is 5.88 Å². The van der Waals surface area contributed by atoms with Crippen molar-refractivity contribution < 1.29 is 4.74 Å². The van der Waals surface area contributed by atoms with E-state index in [1.807, 2.05) is 0 Å². The van der Waals surface area contributed by atoms with Crippen LogP contribution in [-0.2, 0) is 13.0 Å². The van der Waals surface area contributed by atoms with Crippen molar-refractivity contribution in [3.05, 3.63) is 58.7 Å². The van der Waals surface area contributed by atoms with Gasteiger partial charge in [0.25, 0.3) is 0 Å². The number of hydrogen-bond donors (Lipinski definition) is 1. The largest absolute Gasteiger partial charge is 0.475 e. The lowest BCUT2D eigenvalue weighted by Gasteiger charge is -2.38. The van der Waals surface area contributed by atoms with E-state index in [0.29, 0.717) is 37.1 Å². The molecule has 3 aliphatic heterocycles. The number of rotatable bonds is 6. The molecule has 0 radical (unpaired) electrons. The number of anilines is 2. The zero-order chi connectivity index (χ0) is 27.6. The first kappa shape index (κ1) is 26.4. The summed E-state index contributed by atoms with van der Waals surface area (Å²) in [5.41, 5.74) is 5.19. The fourth-order valence-corrected chi connectivity index (χ4v) is 6.67. The van der Waals surface area contributed by atoms with Crippen LogP contribution in [0, 0.1) is 29.6 Å². The fraction of sp³-hybridized carbons (Fsp3) is 0.469. The third kappa shape index (κ3) is 4.94. The summed E-state index contributed by atoms with van der Waals surface area (Å²) in [5.74, 6) is 1.37. The van der Waals surface area contributed by atoms with Gasteiger partial charge >= 0.3 is 0 Å². The molecule has 0 bridgehead atoms. The molecule has 4 heterocycles. The summed E-state index contributed by atoms with van der Waals surface area (Å²) in [7, 11) is 2.14. The number of hydrogen-bond acceptors (Lipinski definition) is 8. The highest BCUT2D eigenvalue weighted by Crippen LogP contribution is 2.39. The van der Waals surface area contributed by atoms with Gasteiger partial charge in [-0.05, 0) is 56.8 Å². The summed E-state index contributed by atoms with van der Waals surface area (Å²) in [6.07, 6.45) is 3.52. The number of benzene rings is 2. The third-order valence-electron chi connectivity index (χ3n) is 8.86. The Morgan fingerprint density at radius 1 is 1.07 bits per heavy atom. The molecule has 3 aliphatic rings. The van der Waals surface area contributed by atoms with E-state index in [2.05, 4.69) is 82.5 Å². The van der Waals surface area contributed by atoms with Gasteiger partial charge in [0.05, 0.1) is 12.5 Å². The summed E-state index contributed by atoms with van der Waals surface area (Å²) < 4.78 is 6.40. The van der Waals surface area contributed by atoms with Crippen LogP contribution in [-0.4, -0.2) is 68.3 Å². The van der Waals surface area contributed by atoms with Crippen LogP contribution in [0.2, 0.25) is 0 Å². The van der Waals surface area contributed by atoms with E-state index in [1.54, 1.807) is 0 Å². The number of aromatic nitrogens is 1. The minimum atomic E-state index is 0.0992. The second kappa shape index (κ2) is 11.3. The molecule has 0 aliphatic carbocycles. The van der Waals surface area contributed by atoms with Gasteiger partial charge in [-0.1, -0.05) is 30.3 Å². The van der Waals surface area contributed by atoms with E-state index in [-0.39, 0.29) is 6.04 Å². The highest BCUT2D eigenvalue weighted by Gasteiger charge is 2.32. The van der Waals surface area contributed by atoms with Crippen LogP contribution in [0.15, 0.2) is 36.4 Å². The lowest BCUT2D eigenvalue weighted by Crippen LogP contribution is -2.51. The smallest absolute Gasteiger partial charge is 0.234 e. The van der Waals surface area contributed by atoms with Gasteiger partial charge < -0.3 is 24.8 Å². The summed E-state index contributed by atoms with van der Waals surface area (Å²) in [6.45, 7) is 7.58. The Balaban J connectivity index is 1.41. The lowest BCUT2D eigenvalue weighted by atomic mass is 9.94. The van der Waals surface area contributed by atoms with Crippen molar-refractivity contribution in [2.75, 3.05) is 56.2 Å². The van der Waals surface area contributed by atoms with Gasteiger partial charge in [0, 0.05) is 67.0 Å². The molecule has 1 aromatic heterocycles. The van der Waals surface area contributed by atoms with Gasteiger partial charge in [-0.3, -0.25) is 0 Å². The number of likely N-dealkylation sites (tertiary alicyclic amines) is 1. The Labute approximate surface area is 236 Å². The molecule has 6 rings (SSSR count). The summed E-state index contributed by atoms with van der Waals surface area (Å²) >= 11 is 0. The molecule has 1 N–H and O–H groups in total. The SMILES string of the molecule is Cc1cccc2cccc(N3CCc4c(N5CCN[C@H](CC#N)C5)nc(OC[C@@H]5CCCN5C)c(C#N)c4C3)c12. The van der Waals surface area contributed by atoms with Crippen molar-refractivity contribution in [3.8, 4) is 18.0 Å². The monoisotopic (exact) mass is 535 g/mol. The van der Waals surface area contributed by atoms with Crippen LogP contribution in [0.1, 0.15) is 41.5 Å². The summed E-state index contributed by atoms with van der Waals surface area (Å²) in [5, 5.41) is 25.7. The molecule has 206 valence electrons. The molecule has 2 fully saturated rings. The zero-order valence-corrected chi connectivity index (χ0v) is 23.5. The number of pyridine rings is 1. The van der Waals surface area contributed by atoms with Crippen molar-refractivity contribution in [1.29, 1.82) is 10.5 Å². The van der Waals surface area contributed by atoms with Crippen LogP contribution in [0.25, 0.3) is 10.8 Å². The Bertz CT molecular complexity index is 1480. The van der Waals surface area contributed by atoms with E-state index in [9.17, 15) is 10.5 Å². The molecular weight excluding hydrogens is 498 g/mol. The van der Waals surface area contributed by atoms with E-state index >= 15 is 0 Å². The van der Waals surface area contributed by atoms with Crippen LogP contribution < -0.4 is 19.9 Å². The maximum Gasteiger partial charge on any atom is 0.234 e. The van der Waals surface area contributed by atoms with Gasteiger partial charge in [-0.25, -0.2) is 0 Å². The quantitative estimate of drug-likeness (QED) is 0.504. The Morgan fingerprint density at radius 3 is 2.70 bits per heavy atom. The van der Waals surface area contributed by atoms with Gasteiger partial charge in [0.2, 0.25) is 5.88 Å². The highest BCUT2D eigenvalue weighted by atomic mass is 16.5. The van der Waals surface area contributed by atoms with Gasteiger partial charge in [0.15, 0.2) is 0 Å². The third-order valence-corrected chi connectivity index (χ3v) is 8.86. The number of ether oxygens (including phenoxy) is 1. The van der Waals surface area contributed by atoms with Crippen LogP contribution in [0.4, 0.5) is 11.5 Å². The Kier molecular flexibility index (Phi) is 7.47. The van der Waals surface area contributed by atoms with Gasteiger partial charge in [-0.2, -0.15) is 15.5 Å². The molecule has 0 amide bonds. The number of nitriles is 2. The maximum atomic E-state index is 10.4. The van der Waals surface area contributed by atoms with Crippen molar-refractivity contribution in [2.24, 2.45) is 0 Å². The Hall–Kier alpha value is -3.85. The molecule has 8 nitrogen and oxygen atoms in total. The summed E-state index contributed by atoms with van der Waals surface area (Å²) in [4.78, 5) is 12.1. The number of likely N-dealkylation sites (N-methyl/N-ethyl adjacent to an activating group) is 1. The topological polar surface area (TPSA) is 91.4 Å². The second-order valence-corrected chi connectivity index (χ2v) is 11.4. The van der Waals surface area contributed by atoms with Crippen molar-refractivity contribution in [3.63, 3.8) is 0 Å². The van der Waals surface area contributed by atoms with Crippen molar-refractivity contribution >= 4 is 22.3 Å². The molecule has 2 aromatic carbocycles. The predicted molar refractivity (Wildman–Crippen MR) is 158 cm³/mol. The second-order valence-electron chi connectivity index (χ2n) is 11.4. The number of aryl methyl sites for hydroxylation is 1.